The number of nitrogens with one attached hydrogen (secondary N) is 1. The maximum absolute atomic E-state index is 12.5. The molecule has 5 heteroatoms. The molecule has 2 heterocycles. The second kappa shape index (κ2) is 9.32. The highest BCUT2D eigenvalue weighted by Gasteiger charge is 2.29. The molecule has 3 rings (SSSR count). The van der Waals surface area contributed by atoms with E-state index in [4.69, 9.17) is 4.74 Å². The molecule has 0 saturated carbocycles. The lowest BCUT2D eigenvalue weighted by atomic mass is 9.98. The summed E-state index contributed by atoms with van der Waals surface area (Å²) >= 11 is 0. The molecule has 2 saturated heterocycles. The van der Waals surface area contributed by atoms with Crippen molar-refractivity contribution in [1.29, 1.82) is 0 Å². The van der Waals surface area contributed by atoms with Gasteiger partial charge in [-0.1, -0.05) is 36.8 Å². The van der Waals surface area contributed by atoms with Gasteiger partial charge in [-0.2, -0.15) is 0 Å². The summed E-state index contributed by atoms with van der Waals surface area (Å²) in [5.74, 6) is 0.142. The number of carbonyl (C=O) groups is 1. The van der Waals surface area contributed by atoms with Crippen LogP contribution in [0.3, 0.4) is 0 Å². The fraction of sp³-hybridized carbons (Fsp3) is 0.650. The highest BCUT2D eigenvalue weighted by atomic mass is 16.5. The van der Waals surface area contributed by atoms with Gasteiger partial charge >= 0.3 is 0 Å². The minimum atomic E-state index is 0.0674. The molecule has 1 aromatic carbocycles. The first-order chi connectivity index (χ1) is 12.2. The van der Waals surface area contributed by atoms with Gasteiger partial charge in [-0.15, -0.1) is 0 Å². The van der Waals surface area contributed by atoms with Crippen LogP contribution >= 0.6 is 0 Å². The molecule has 0 bridgehead atoms. The van der Waals surface area contributed by atoms with Crippen molar-refractivity contribution in [1.82, 2.24) is 15.1 Å². The molecular weight excluding hydrogens is 314 g/mol. The Bertz CT molecular complexity index is 525. The van der Waals surface area contributed by atoms with E-state index in [9.17, 15) is 4.79 Å². The summed E-state index contributed by atoms with van der Waals surface area (Å²) < 4.78 is 5.51. The molecule has 0 aliphatic carbocycles. The van der Waals surface area contributed by atoms with E-state index in [0.29, 0.717) is 6.54 Å². The number of rotatable bonds is 6. The van der Waals surface area contributed by atoms with Crippen LogP contribution < -0.4 is 5.32 Å². The summed E-state index contributed by atoms with van der Waals surface area (Å²) in [7, 11) is 0. The molecule has 0 radical (unpaired) electrons. The smallest absolute Gasteiger partial charge is 0.234 e. The number of morpholine rings is 1. The van der Waals surface area contributed by atoms with Crippen molar-refractivity contribution in [3.63, 3.8) is 0 Å². The fourth-order valence-corrected chi connectivity index (χ4v) is 4.02. The number of piperidine rings is 1. The van der Waals surface area contributed by atoms with Crippen molar-refractivity contribution in [2.75, 3.05) is 45.9 Å². The van der Waals surface area contributed by atoms with Gasteiger partial charge in [-0.25, -0.2) is 0 Å². The number of likely N-dealkylation sites (tertiary alicyclic amines) is 1. The standard InChI is InChI=1S/C20H31N3O2/c1-17(21-19(24)16-22-10-6-3-7-11-22)20(18-8-4-2-5-9-18)23-12-14-25-15-13-23/h2,4-5,8-9,17,20H,3,6-7,10-16H2,1H3,(H,21,24)/t17-,20-/m1/s1. The van der Waals surface area contributed by atoms with Crippen molar-refractivity contribution < 1.29 is 9.53 Å². The van der Waals surface area contributed by atoms with Crippen LogP contribution in [-0.2, 0) is 9.53 Å². The molecule has 1 N–H and O–H groups in total. The fourth-order valence-electron chi connectivity index (χ4n) is 4.02. The van der Waals surface area contributed by atoms with Gasteiger partial charge in [0.25, 0.3) is 0 Å². The van der Waals surface area contributed by atoms with Gasteiger partial charge < -0.3 is 10.1 Å². The zero-order valence-electron chi connectivity index (χ0n) is 15.3. The molecule has 1 amide bonds. The van der Waals surface area contributed by atoms with E-state index in [-0.39, 0.29) is 18.0 Å². The lowest BCUT2D eigenvalue weighted by Gasteiger charge is -2.38. The SMILES string of the molecule is C[C@@H](NC(=O)CN1CCCCC1)[C@H](c1ccccc1)N1CCOCC1. The van der Waals surface area contributed by atoms with Crippen molar-refractivity contribution in [2.45, 2.75) is 38.3 Å². The Labute approximate surface area is 151 Å². The lowest BCUT2D eigenvalue weighted by molar-refractivity contribution is -0.123. The molecule has 0 aromatic heterocycles. The number of carbonyl (C=O) groups excluding carboxylic acids is 1. The summed E-state index contributed by atoms with van der Waals surface area (Å²) in [6.07, 6.45) is 3.72. The van der Waals surface area contributed by atoms with Gasteiger partial charge in [0.15, 0.2) is 0 Å². The number of ether oxygens (including phenoxy) is 1. The van der Waals surface area contributed by atoms with Crippen LogP contribution in [0.1, 0.15) is 37.8 Å². The van der Waals surface area contributed by atoms with E-state index in [1.165, 1.54) is 24.8 Å². The van der Waals surface area contributed by atoms with Crippen LogP contribution in [0.25, 0.3) is 0 Å². The van der Waals surface area contributed by atoms with Crippen LogP contribution in [-0.4, -0.2) is 67.7 Å². The Morgan fingerprint density at radius 1 is 1.08 bits per heavy atom. The van der Waals surface area contributed by atoms with Crippen LogP contribution in [0.2, 0.25) is 0 Å². The number of benzene rings is 1. The third-order valence-corrected chi connectivity index (χ3v) is 5.26. The zero-order chi connectivity index (χ0) is 17.5. The Morgan fingerprint density at radius 2 is 1.76 bits per heavy atom. The largest absolute Gasteiger partial charge is 0.379 e. The first kappa shape index (κ1) is 18.4. The van der Waals surface area contributed by atoms with Crippen LogP contribution in [0.5, 0.6) is 0 Å². The minimum absolute atomic E-state index is 0.0674. The first-order valence-electron chi connectivity index (χ1n) is 9.62. The molecule has 2 aliphatic rings. The molecule has 25 heavy (non-hydrogen) atoms. The topological polar surface area (TPSA) is 44.8 Å². The molecule has 2 aliphatic heterocycles. The highest BCUT2D eigenvalue weighted by molar-refractivity contribution is 5.78. The number of nitrogens with zero attached hydrogens (tertiary/aromatic N) is 2. The van der Waals surface area contributed by atoms with Gasteiger partial charge in [0.05, 0.1) is 25.8 Å². The Kier molecular flexibility index (Phi) is 6.84. The number of hydrogen-bond acceptors (Lipinski definition) is 4. The van der Waals surface area contributed by atoms with Crippen LogP contribution in [0.15, 0.2) is 30.3 Å². The second-order valence-corrected chi connectivity index (χ2v) is 7.20. The molecule has 0 spiro atoms. The van der Waals surface area contributed by atoms with Crippen LogP contribution in [0.4, 0.5) is 0 Å². The molecule has 138 valence electrons. The molecule has 2 fully saturated rings. The Hall–Kier alpha value is -1.43. The maximum atomic E-state index is 12.5. The zero-order valence-corrected chi connectivity index (χ0v) is 15.3. The highest BCUT2D eigenvalue weighted by Crippen LogP contribution is 2.25. The quantitative estimate of drug-likeness (QED) is 0.857. The molecular formula is C20H31N3O2. The van der Waals surface area contributed by atoms with Gasteiger partial charge in [0, 0.05) is 19.1 Å². The summed E-state index contributed by atoms with van der Waals surface area (Å²) in [5.41, 5.74) is 1.26. The van der Waals surface area contributed by atoms with Crippen molar-refractivity contribution >= 4 is 5.91 Å². The van der Waals surface area contributed by atoms with Crippen LogP contribution in [0, 0.1) is 0 Å². The summed E-state index contributed by atoms with van der Waals surface area (Å²) in [5, 5.41) is 3.26. The van der Waals surface area contributed by atoms with E-state index in [2.05, 4.69) is 46.3 Å². The van der Waals surface area contributed by atoms with E-state index >= 15 is 0 Å². The molecule has 5 nitrogen and oxygen atoms in total. The monoisotopic (exact) mass is 345 g/mol. The normalized spacial score (nSPS) is 22.3. The maximum Gasteiger partial charge on any atom is 0.234 e. The lowest BCUT2D eigenvalue weighted by Crippen LogP contribution is -2.50. The van der Waals surface area contributed by atoms with Crippen molar-refractivity contribution in [2.24, 2.45) is 0 Å². The van der Waals surface area contributed by atoms with E-state index in [1.807, 2.05) is 6.07 Å². The predicted molar refractivity (Wildman–Crippen MR) is 99.5 cm³/mol. The average Bonchev–Trinajstić information content (AvgIpc) is 2.64. The molecule has 0 unspecified atom stereocenters. The number of amides is 1. The minimum Gasteiger partial charge on any atom is -0.379 e. The summed E-state index contributed by atoms with van der Waals surface area (Å²) in [4.78, 5) is 17.3. The van der Waals surface area contributed by atoms with Gasteiger partial charge in [0.1, 0.15) is 0 Å². The van der Waals surface area contributed by atoms with Gasteiger partial charge in [-0.05, 0) is 38.4 Å². The third kappa shape index (κ3) is 5.27. The molecule has 2 atom stereocenters. The number of hydrogen-bond donors (Lipinski definition) is 1. The van der Waals surface area contributed by atoms with E-state index in [1.54, 1.807) is 0 Å². The first-order valence-corrected chi connectivity index (χ1v) is 9.62. The predicted octanol–water partition coefficient (Wildman–Crippen LogP) is 2.05. The second-order valence-electron chi connectivity index (χ2n) is 7.20. The summed E-state index contributed by atoms with van der Waals surface area (Å²) in [6, 6.07) is 10.8. The Morgan fingerprint density at radius 3 is 2.44 bits per heavy atom. The van der Waals surface area contributed by atoms with E-state index in [0.717, 1.165) is 39.4 Å². The third-order valence-electron chi connectivity index (χ3n) is 5.26. The molecule has 1 aromatic rings. The summed E-state index contributed by atoms with van der Waals surface area (Å²) in [6.45, 7) is 8.09. The Balaban J connectivity index is 1.63. The van der Waals surface area contributed by atoms with Gasteiger partial charge in [-0.3, -0.25) is 14.6 Å². The van der Waals surface area contributed by atoms with Gasteiger partial charge in [0.2, 0.25) is 5.91 Å². The van der Waals surface area contributed by atoms with Crippen molar-refractivity contribution in [3.05, 3.63) is 35.9 Å². The van der Waals surface area contributed by atoms with E-state index < -0.39 is 0 Å². The average molecular weight is 345 g/mol. The van der Waals surface area contributed by atoms with Crippen molar-refractivity contribution in [3.8, 4) is 0 Å².